The molecular weight excluding hydrogens is 396 g/mol. The first-order chi connectivity index (χ1) is 14.3. The van der Waals surface area contributed by atoms with Crippen LogP contribution >= 0.6 is 0 Å². The second-order valence-electron chi connectivity index (χ2n) is 7.58. The molecule has 6 atom stereocenters. The van der Waals surface area contributed by atoms with E-state index in [-0.39, 0.29) is 28.0 Å². The molecule has 1 heterocycles. The number of phenols is 2. The van der Waals surface area contributed by atoms with Gasteiger partial charge in [0.15, 0.2) is 0 Å². The Morgan fingerprint density at radius 1 is 0.867 bits per heavy atom. The van der Waals surface area contributed by atoms with Crippen LogP contribution in [0.2, 0.25) is 0 Å². The highest BCUT2D eigenvalue weighted by Crippen LogP contribution is 2.47. The molecule has 9 nitrogen and oxygen atoms in total. The third-order valence-corrected chi connectivity index (χ3v) is 5.85. The smallest absolute Gasteiger partial charge is 0.201 e. The standard InChI is InChI=1S/C21H22O9/c22-6-8-4-10-14(21-20(29)19(28)17(26)13(7-23)30-21)9-2-1-3-11(24)15(9)18(27)16(10)12(25)5-8/h1-5,13-14,17,19-26,28-29H,6-7H2/t13?,14-,17+,19-,20?,21-/m0/s1. The second kappa shape index (κ2) is 7.62. The van der Waals surface area contributed by atoms with E-state index in [9.17, 15) is 40.5 Å². The maximum Gasteiger partial charge on any atom is 0.201 e. The maximum absolute atomic E-state index is 13.1. The molecule has 0 amide bonds. The lowest BCUT2D eigenvalue weighted by Crippen LogP contribution is -2.60. The lowest BCUT2D eigenvalue weighted by atomic mass is 9.71. The molecule has 2 aromatic carbocycles. The molecule has 4 rings (SSSR count). The normalized spacial score (nSPS) is 30.6. The lowest BCUT2D eigenvalue weighted by molar-refractivity contribution is -0.232. The summed E-state index contributed by atoms with van der Waals surface area (Å²) in [5, 5.41) is 71.0. The van der Waals surface area contributed by atoms with E-state index < -0.39 is 61.2 Å². The molecule has 1 fully saturated rings. The third-order valence-electron chi connectivity index (χ3n) is 5.85. The van der Waals surface area contributed by atoms with Gasteiger partial charge in [-0.3, -0.25) is 4.79 Å². The van der Waals surface area contributed by atoms with E-state index in [2.05, 4.69) is 0 Å². The minimum atomic E-state index is -1.64. The number of hydrogen-bond donors (Lipinski definition) is 7. The molecule has 0 bridgehead atoms. The van der Waals surface area contributed by atoms with E-state index in [1.54, 1.807) is 6.07 Å². The SMILES string of the molecule is O=C1c2c(O)cccc2[C@H]([C@@H]2OC(CO)[C@@H](O)[C@H](O)C2O)c2cc(CO)cc(O)c21. The molecule has 1 aliphatic heterocycles. The summed E-state index contributed by atoms with van der Waals surface area (Å²) in [7, 11) is 0. The van der Waals surface area contributed by atoms with Crippen LogP contribution in [0.5, 0.6) is 11.5 Å². The van der Waals surface area contributed by atoms with Crippen LogP contribution in [0.25, 0.3) is 0 Å². The number of carbonyl (C=O) groups is 1. The van der Waals surface area contributed by atoms with E-state index >= 15 is 0 Å². The van der Waals surface area contributed by atoms with E-state index in [0.29, 0.717) is 5.56 Å². The minimum Gasteiger partial charge on any atom is -0.507 e. The first-order valence-electron chi connectivity index (χ1n) is 9.43. The molecule has 2 aliphatic rings. The van der Waals surface area contributed by atoms with Gasteiger partial charge in [0.1, 0.15) is 35.9 Å². The van der Waals surface area contributed by atoms with Gasteiger partial charge in [0, 0.05) is 5.92 Å². The number of ether oxygens (including phenoxy) is 1. The van der Waals surface area contributed by atoms with Crippen LogP contribution in [0.3, 0.4) is 0 Å². The molecule has 0 radical (unpaired) electrons. The van der Waals surface area contributed by atoms with Crippen LogP contribution in [-0.2, 0) is 11.3 Å². The first kappa shape index (κ1) is 20.7. The summed E-state index contributed by atoms with van der Waals surface area (Å²) in [5.41, 5.74) is 0.609. The summed E-state index contributed by atoms with van der Waals surface area (Å²) in [6.45, 7) is -1.06. The van der Waals surface area contributed by atoms with Crippen molar-refractivity contribution in [3.63, 3.8) is 0 Å². The van der Waals surface area contributed by atoms with Gasteiger partial charge < -0.3 is 40.5 Å². The number of hydrogen-bond acceptors (Lipinski definition) is 9. The second-order valence-corrected chi connectivity index (χ2v) is 7.58. The number of fused-ring (bicyclic) bond motifs is 2. The number of rotatable bonds is 3. The highest BCUT2D eigenvalue weighted by atomic mass is 16.5. The minimum absolute atomic E-state index is 0.0843. The predicted octanol–water partition coefficient (Wildman–Crippen LogP) is -0.891. The van der Waals surface area contributed by atoms with Crippen molar-refractivity contribution in [2.45, 2.75) is 43.0 Å². The molecule has 0 aromatic heterocycles. The Labute approximate surface area is 171 Å². The van der Waals surface area contributed by atoms with Crippen LogP contribution in [0.4, 0.5) is 0 Å². The maximum atomic E-state index is 13.1. The summed E-state index contributed by atoms with van der Waals surface area (Å²) >= 11 is 0. The summed E-state index contributed by atoms with van der Waals surface area (Å²) in [5.74, 6) is -2.34. The summed E-state index contributed by atoms with van der Waals surface area (Å²) in [6.07, 6.45) is -7.22. The molecule has 0 saturated carbocycles. The van der Waals surface area contributed by atoms with Gasteiger partial charge in [0.05, 0.1) is 30.4 Å². The fourth-order valence-electron chi connectivity index (χ4n) is 4.41. The number of ketones is 1. The van der Waals surface area contributed by atoms with Gasteiger partial charge in [-0.15, -0.1) is 0 Å². The van der Waals surface area contributed by atoms with Crippen LogP contribution in [0.15, 0.2) is 30.3 Å². The van der Waals surface area contributed by atoms with Crippen molar-refractivity contribution in [3.8, 4) is 11.5 Å². The van der Waals surface area contributed by atoms with Crippen molar-refractivity contribution in [1.29, 1.82) is 0 Å². The van der Waals surface area contributed by atoms with Crippen molar-refractivity contribution in [1.82, 2.24) is 0 Å². The number of aliphatic hydroxyl groups is 5. The number of carbonyl (C=O) groups excluding carboxylic acids is 1. The topological polar surface area (TPSA) is 168 Å². The molecule has 1 aliphatic carbocycles. The van der Waals surface area contributed by atoms with E-state index in [1.807, 2.05) is 0 Å². The van der Waals surface area contributed by atoms with Gasteiger partial charge >= 0.3 is 0 Å². The van der Waals surface area contributed by atoms with Crippen LogP contribution in [-0.4, -0.2) is 78.7 Å². The Morgan fingerprint density at radius 2 is 1.57 bits per heavy atom. The summed E-state index contributed by atoms with van der Waals surface area (Å²) in [6, 6.07) is 7.06. The van der Waals surface area contributed by atoms with Gasteiger partial charge in [0.2, 0.25) is 5.78 Å². The number of phenolic OH excluding ortho intramolecular Hbond substituents is 2. The number of aromatic hydroxyl groups is 2. The molecule has 1 saturated heterocycles. The molecule has 2 aromatic rings. The zero-order valence-electron chi connectivity index (χ0n) is 15.7. The quantitative estimate of drug-likeness (QED) is 0.334. The lowest BCUT2D eigenvalue weighted by Gasteiger charge is -2.45. The third kappa shape index (κ3) is 2.99. The number of aliphatic hydroxyl groups excluding tert-OH is 5. The first-order valence-corrected chi connectivity index (χ1v) is 9.43. The largest absolute Gasteiger partial charge is 0.507 e. The van der Waals surface area contributed by atoms with Gasteiger partial charge in [-0.1, -0.05) is 18.2 Å². The Hall–Kier alpha value is -2.53. The predicted molar refractivity (Wildman–Crippen MR) is 101 cm³/mol. The van der Waals surface area contributed by atoms with Crippen molar-refractivity contribution in [2.24, 2.45) is 0 Å². The molecule has 30 heavy (non-hydrogen) atoms. The van der Waals surface area contributed by atoms with Crippen LogP contribution < -0.4 is 0 Å². The Balaban J connectivity index is 1.96. The van der Waals surface area contributed by atoms with Gasteiger partial charge in [-0.25, -0.2) is 0 Å². The van der Waals surface area contributed by atoms with Gasteiger partial charge in [0.25, 0.3) is 0 Å². The molecule has 7 N–H and O–H groups in total. The average Bonchev–Trinajstić information content (AvgIpc) is 2.73. The Morgan fingerprint density at radius 3 is 2.23 bits per heavy atom. The molecule has 9 heteroatoms. The fraction of sp³-hybridized carbons (Fsp3) is 0.381. The van der Waals surface area contributed by atoms with Gasteiger partial charge in [-0.05, 0) is 28.8 Å². The van der Waals surface area contributed by atoms with Crippen LogP contribution in [0, 0.1) is 0 Å². The highest BCUT2D eigenvalue weighted by Gasteiger charge is 2.50. The monoisotopic (exact) mass is 418 g/mol. The molecular formula is C21H22O9. The van der Waals surface area contributed by atoms with Crippen molar-refractivity contribution in [2.75, 3.05) is 6.61 Å². The van der Waals surface area contributed by atoms with Gasteiger partial charge in [-0.2, -0.15) is 0 Å². The summed E-state index contributed by atoms with van der Waals surface area (Å²) in [4.78, 5) is 13.1. The molecule has 160 valence electrons. The summed E-state index contributed by atoms with van der Waals surface area (Å²) < 4.78 is 5.73. The number of benzene rings is 2. The zero-order valence-corrected chi connectivity index (χ0v) is 15.7. The van der Waals surface area contributed by atoms with E-state index in [4.69, 9.17) is 4.74 Å². The molecule has 2 unspecified atom stereocenters. The fourth-order valence-corrected chi connectivity index (χ4v) is 4.41. The van der Waals surface area contributed by atoms with Crippen molar-refractivity contribution >= 4 is 5.78 Å². The zero-order chi connectivity index (χ0) is 21.7. The molecule has 0 spiro atoms. The van der Waals surface area contributed by atoms with Crippen molar-refractivity contribution in [3.05, 3.63) is 58.1 Å². The van der Waals surface area contributed by atoms with Crippen molar-refractivity contribution < 1.29 is 45.3 Å². The van der Waals surface area contributed by atoms with E-state index in [1.165, 1.54) is 24.3 Å². The van der Waals surface area contributed by atoms with Crippen LogP contribution in [0.1, 0.15) is 38.5 Å². The average molecular weight is 418 g/mol. The van der Waals surface area contributed by atoms with E-state index in [0.717, 1.165) is 0 Å². The Kier molecular flexibility index (Phi) is 5.27. The Bertz CT molecular complexity index is 987. The highest BCUT2D eigenvalue weighted by molar-refractivity contribution is 6.16.